The molecule has 2 heterocycles. The number of anilines is 1. The van der Waals surface area contributed by atoms with Crippen LogP contribution in [0.3, 0.4) is 0 Å². The van der Waals surface area contributed by atoms with Crippen LogP contribution in [0.25, 0.3) is 10.8 Å². The third-order valence-electron chi connectivity index (χ3n) is 3.51. The smallest absolute Gasteiger partial charge is 0.272 e. The Bertz CT molecular complexity index is 885. The number of aromatic nitrogens is 2. The van der Waals surface area contributed by atoms with Crippen molar-refractivity contribution in [2.24, 2.45) is 0 Å². The van der Waals surface area contributed by atoms with Gasteiger partial charge >= 0.3 is 0 Å². The molecule has 1 N–H and O–H groups in total. The van der Waals surface area contributed by atoms with Gasteiger partial charge in [-0.25, -0.2) is 0 Å². The van der Waals surface area contributed by atoms with Crippen LogP contribution in [0.2, 0.25) is 0 Å². The zero-order chi connectivity index (χ0) is 15.5. The summed E-state index contributed by atoms with van der Waals surface area (Å²) >= 11 is 0. The van der Waals surface area contributed by atoms with Crippen molar-refractivity contribution in [2.75, 3.05) is 5.32 Å². The van der Waals surface area contributed by atoms with Gasteiger partial charge in [0.2, 0.25) is 0 Å². The molecule has 5 nitrogen and oxygen atoms in total. The molecule has 0 saturated heterocycles. The Hall–Kier alpha value is -2.95. The van der Waals surface area contributed by atoms with Crippen LogP contribution in [0, 0.1) is 0 Å². The molecule has 22 heavy (non-hydrogen) atoms. The summed E-state index contributed by atoms with van der Waals surface area (Å²) in [6.07, 6.45) is 3.20. The topological polar surface area (TPSA) is 64.0 Å². The van der Waals surface area contributed by atoms with Gasteiger partial charge in [-0.15, -0.1) is 0 Å². The van der Waals surface area contributed by atoms with Crippen molar-refractivity contribution < 1.29 is 4.79 Å². The fraction of sp³-hybridized carbons (Fsp3) is 0.118. The lowest BCUT2D eigenvalue weighted by molar-refractivity contribution is 0.101. The molecule has 3 aromatic rings. The van der Waals surface area contributed by atoms with Crippen LogP contribution in [0.4, 0.5) is 5.69 Å². The molecule has 1 aromatic carbocycles. The van der Waals surface area contributed by atoms with Crippen LogP contribution in [0.5, 0.6) is 0 Å². The Morgan fingerprint density at radius 1 is 1.18 bits per heavy atom. The SMILES string of the molecule is CCn1c(C(=O)Nc2ccncc2)cc2ccccc2c1=O. The van der Waals surface area contributed by atoms with Gasteiger partial charge < -0.3 is 9.88 Å². The third-order valence-corrected chi connectivity index (χ3v) is 3.51. The number of hydrogen-bond donors (Lipinski definition) is 1. The maximum atomic E-state index is 12.5. The summed E-state index contributed by atoms with van der Waals surface area (Å²) in [6, 6.07) is 12.4. The minimum absolute atomic E-state index is 0.152. The van der Waals surface area contributed by atoms with Crippen molar-refractivity contribution in [1.29, 1.82) is 0 Å². The minimum Gasteiger partial charge on any atom is -0.321 e. The Labute approximate surface area is 127 Å². The Balaban J connectivity index is 2.09. The van der Waals surface area contributed by atoms with Gasteiger partial charge in [-0.05, 0) is 36.6 Å². The first kappa shape index (κ1) is 14.0. The molecule has 0 aliphatic rings. The van der Waals surface area contributed by atoms with Gasteiger partial charge in [-0.1, -0.05) is 18.2 Å². The summed E-state index contributed by atoms with van der Waals surface area (Å²) in [7, 11) is 0. The lowest BCUT2D eigenvalue weighted by Crippen LogP contribution is -2.28. The van der Waals surface area contributed by atoms with Gasteiger partial charge in [0, 0.05) is 30.0 Å². The molecule has 0 saturated carbocycles. The lowest BCUT2D eigenvalue weighted by atomic mass is 10.1. The standard InChI is InChI=1S/C17H15N3O2/c1-2-20-15(16(21)19-13-7-9-18-10-8-13)11-12-5-3-4-6-14(12)17(20)22/h3-11H,2H2,1H3,(H,18,19,21). The van der Waals surface area contributed by atoms with E-state index in [0.29, 0.717) is 23.3 Å². The molecule has 0 atom stereocenters. The molecule has 0 unspecified atom stereocenters. The van der Waals surface area contributed by atoms with Gasteiger partial charge in [-0.2, -0.15) is 0 Å². The number of carbonyl (C=O) groups is 1. The summed E-state index contributed by atoms with van der Waals surface area (Å²) in [5.41, 5.74) is 0.840. The lowest BCUT2D eigenvalue weighted by Gasteiger charge is -2.12. The van der Waals surface area contributed by atoms with Crippen LogP contribution in [0.15, 0.2) is 59.7 Å². The predicted molar refractivity (Wildman–Crippen MR) is 86.1 cm³/mol. The molecule has 3 rings (SSSR count). The van der Waals surface area contributed by atoms with E-state index < -0.39 is 0 Å². The number of nitrogens with zero attached hydrogens (tertiary/aromatic N) is 2. The van der Waals surface area contributed by atoms with Gasteiger partial charge in [0.15, 0.2) is 0 Å². The molecule has 110 valence electrons. The number of nitrogens with one attached hydrogen (secondary N) is 1. The fourth-order valence-corrected chi connectivity index (χ4v) is 2.43. The highest BCUT2D eigenvalue weighted by Gasteiger charge is 2.14. The van der Waals surface area contributed by atoms with Crippen molar-refractivity contribution in [2.45, 2.75) is 13.5 Å². The molecular formula is C17H15N3O2. The molecule has 2 aromatic heterocycles. The van der Waals surface area contributed by atoms with Crippen LogP contribution >= 0.6 is 0 Å². The molecule has 1 amide bonds. The van der Waals surface area contributed by atoms with Crippen molar-refractivity contribution >= 4 is 22.4 Å². The van der Waals surface area contributed by atoms with E-state index >= 15 is 0 Å². The van der Waals surface area contributed by atoms with Gasteiger partial charge in [-0.3, -0.25) is 14.6 Å². The van der Waals surface area contributed by atoms with E-state index in [-0.39, 0.29) is 11.5 Å². The monoisotopic (exact) mass is 293 g/mol. The first-order chi connectivity index (χ1) is 10.7. The molecule has 0 aliphatic carbocycles. The van der Waals surface area contributed by atoms with E-state index in [1.165, 1.54) is 4.57 Å². The minimum atomic E-state index is -0.309. The average Bonchev–Trinajstić information content (AvgIpc) is 2.55. The third kappa shape index (κ3) is 2.48. The van der Waals surface area contributed by atoms with E-state index in [1.54, 1.807) is 36.7 Å². The molecule has 0 bridgehead atoms. The van der Waals surface area contributed by atoms with Crippen molar-refractivity contribution in [3.8, 4) is 0 Å². The number of pyridine rings is 2. The second-order valence-corrected chi connectivity index (χ2v) is 4.86. The molecule has 0 fully saturated rings. The van der Waals surface area contributed by atoms with Crippen LogP contribution in [-0.4, -0.2) is 15.5 Å². The van der Waals surface area contributed by atoms with Gasteiger partial charge in [0.1, 0.15) is 5.69 Å². The zero-order valence-corrected chi connectivity index (χ0v) is 12.1. The highest BCUT2D eigenvalue weighted by Crippen LogP contribution is 2.14. The predicted octanol–water partition coefficient (Wildman–Crippen LogP) is 2.67. The number of fused-ring (bicyclic) bond motifs is 1. The second-order valence-electron chi connectivity index (χ2n) is 4.86. The van der Waals surface area contributed by atoms with E-state index in [4.69, 9.17) is 0 Å². The van der Waals surface area contributed by atoms with E-state index in [2.05, 4.69) is 10.3 Å². The summed E-state index contributed by atoms with van der Waals surface area (Å²) in [5.74, 6) is -0.309. The highest BCUT2D eigenvalue weighted by molar-refractivity contribution is 6.05. The first-order valence-corrected chi connectivity index (χ1v) is 7.04. The first-order valence-electron chi connectivity index (χ1n) is 7.04. The number of rotatable bonds is 3. The summed E-state index contributed by atoms with van der Waals surface area (Å²) in [4.78, 5) is 28.9. The number of hydrogen-bond acceptors (Lipinski definition) is 3. The molecule has 5 heteroatoms. The molecule has 0 spiro atoms. The van der Waals surface area contributed by atoms with E-state index in [1.807, 2.05) is 25.1 Å². The number of amides is 1. The fourth-order valence-electron chi connectivity index (χ4n) is 2.43. The Morgan fingerprint density at radius 2 is 1.91 bits per heavy atom. The number of carbonyl (C=O) groups excluding carboxylic acids is 1. The van der Waals surface area contributed by atoms with Crippen molar-refractivity contribution in [3.05, 3.63) is 70.9 Å². The maximum absolute atomic E-state index is 12.5. The van der Waals surface area contributed by atoms with Crippen molar-refractivity contribution in [3.63, 3.8) is 0 Å². The van der Waals surface area contributed by atoms with E-state index in [9.17, 15) is 9.59 Å². The molecular weight excluding hydrogens is 278 g/mol. The molecule has 0 radical (unpaired) electrons. The average molecular weight is 293 g/mol. The van der Waals surface area contributed by atoms with E-state index in [0.717, 1.165) is 5.39 Å². The molecule has 0 aliphatic heterocycles. The summed E-state index contributed by atoms with van der Waals surface area (Å²) < 4.78 is 1.48. The van der Waals surface area contributed by atoms with Crippen LogP contribution in [0.1, 0.15) is 17.4 Å². The summed E-state index contributed by atoms with van der Waals surface area (Å²) in [6.45, 7) is 2.28. The zero-order valence-electron chi connectivity index (χ0n) is 12.1. The number of benzene rings is 1. The van der Waals surface area contributed by atoms with Crippen molar-refractivity contribution in [1.82, 2.24) is 9.55 Å². The van der Waals surface area contributed by atoms with Gasteiger partial charge in [0.05, 0.1) is 0 Å². The van der Waals surface area contributed by atoms with Crippen LogP contribution in [-0.2, 0) is 6.54 Å². The summed E-state index contributed by atoms with van der Waals surface area (Å²) in [5, 5.41) is 4.16. The Kier molecular flexibility index (Phi) is 3.70. The van der Waals surface area contributed by atoms with Crippen LogP contribution < -0.4 is 10.9 Å². The second kappa shape index (κ2) is 5.81. The largest absolute Gasteiger partial charge is 0.321 e. The van der Waals surface area contributed by atoms with Gasteiger partial charge in [0.25, 0.3) is 11.5 Å². The normalized spacial score (nSPS) is 10.6. The maximum Gasteiger partial charge on any atom is 0.272 e. The quantitative estimate of drug-likeness (QED) is 0.807. The highest BCUT2D eigenvalue weighted by atomic mass is 16.2. The Morgan fingerprint density at radius 3 is 2.64 bits per heavy atom.